The van der Waals surface area contributed by atoms with E-state index in [4.69, 9.17) is 9.47 Å². The largest absolute Gasteiger partial charge is 0.434 e. The van der Waals surface area contributed by atoms with Gasteiger partial charge in [0, 0.05) is 63.9 Å². The first-order chi connectivity index (χ1) is 20.5. The number of benzene rings is 1. The summed E-state index contributed by atoms with van der Waals surface area (Å²) in [7, 11) is 3.96. The van der Waals surface area contributed by atoms with Crippen LogP contribution in [-0.2, 0) is 4.74 Å². The Bertz CT molecular complexity index is 1220. The van der Waals surface area contributed by atoms with E-state index in [2.05, 4.69) is 57.7 Å². The van der Waals surface area contributed by atoms with Crippen molar-refractivity contribution in [3.63, 3.8) is 0 Å². The topological polar surface area (TPSA) is 87.2 Å². The highest BCUT2D eigenvalue weighted by molar-refractivity contribution is 5.97. The zero-order chi connectivity index (χ0) is 31.3. The zero-order valence-corrected chi connectivity index (χ0v) is 27.2. The van der Waals surface area contributed by atoms with Crippen LogP contribution in [0.15, 0.2) is 24.5 Å². The summed E-state index contributed by atoms with van der Waals surface area (Å²) in [4.78, 5) is 26.7. The lowest BCUT2D eigenvalue weighted by molar-refractivity contribution is -0.0534. The number of carbonyl (C=O) groups excluding carboxylic acids is 1. The van der Waals surface area contributed by atoms with Gasteiger partial charge in [-0.2, -0.15) is 0 Å². The molecule has 11 heteroatoms. The number of halogens is 1. The average Bonchev–Trinajstić information content (AvgIpc) is 3.41. The van der Waals surface area contributed by atoms with Gasteiger partial charge in [0.2, 0.25) is 0 Å². The van der Waals surface area contributed by atoms with E-state index in [-0.39, 0.29) is 40.7 Å². The number of likely N-dealkylation sites (N-methyl/N-ethyl adjacent to an activating group) is 1. The maximum absolute atomic E-state index is 14.3. The summed E-state index contributed by atoms with van der Waals surface area (Å²) >= 11 is 0. The van der Waals surface area contributed by atoms with Crippen LogP contribution in [0.5, 0.6) is 11.6 Å². The third-order valence-corrected chi connectivity index (χ3v) is 9.12. The molecule has 2 aliphatic heterocycles. The summed E-state index contributed by atoms with van der Waals surface area (Å²) in [6.45, 7) is 18.7. The van der Waals surface area contributed by atoms with Gasteiger partial charge in [-0.1, -0.05) is 20.8 Å². The van der Waals surface area contributed by atoms with E-state index in [0.29, 0.717) is 24.3 Å². The lowest BCUT2D eigenvalue weighted by atomic mass is 9.76. The molecule has 10 nitrogen and oxygen atoms in total. The van der Waals surface area contributed by atoms with E-state index < -0.39 is 5.82 Å². The minimum Gasteiger partial charge on any atom is -0.434 e. The van der Waals surface area contributed by atoms with Gasteiger partial charge in [0.05, 0.1) is 11.7 Å². The summed E-state index contributed by atoms with van der Waals surface area (Å²) in [6, 6.07) is 4.40. The first kappa shape index (κ1) is 33.0. The van der Waals surface area contributed by atoms with Crippen LogP contribution in [0.3, 0.4) is 0 Å². The van der Waals surface area contributed by atoms with Gasteiger partial charge in [-0.25, -0.2) is 9.37 Å². The summed E-state index contributed by atoms with van der Waals surface area (Å²) in [5, 5.41) is 8.21. The second-order valence-corrected chi connectivity index (χ2v) is 12.9. The predicted molar refractivity (Wildman–Crippen MR) is 166 cm³/mol. The molecular weight excluding hydrogens is 549 g/mol. The Balaban J connectivity index is 1.47. The van der Waals surface area contributed by atoms with Crippen molar-refractivity contribution in [2.24, 2.45) is 11.3 Å². The highest BCUT2D eigenvalue weighted by Crippen LogP contribution is 2.44. The maximum atomic E-state index is 14.3. The molecule has 1 aromatic heterocycles. The fourth-order valence-electron chi connectivity index (χ4n) is 6.56. The third kappa shape index (κ3) is 7.61. The fraction of sp³-hybridized carbons (Fsp3) is 0.688. The number of methoxy groups -OCH3 is 1. The predicted octanol–water partition coefficient (Wildman–Crippen LogP) is 4.57. The van der Waals surface area contributed by atoms with Crippen LogP contribution in [0.1, 0.15) is 64.7 Å². The molecule has 2 fully saturated rings. The molecule has 4 rings (SSSR count). The van der Waals surface area contributed by atoms with Crippen molar-refractivity contribution in [3.05, 3.63) is 35.9 Å². The molecule has 2 atom stereocenters. The molecule has 2 aliphatic rings. The molecule has 1 amide bonds. The standard InChI is InChI=1S/C32H50FN7O3/c1-9-37(7)17-25(42-8)16-27(22(3)4)39-19-32(20-39)13-14-38(18-32)29-30(36-35-21-34-29)43-28-12-11-24(33)15-26(28)31(41)40(10-2)23(5)6/h11-12,15,21-23,25,27H,9-10,13-14,16-20H2,1-8H3/t25-,27+/m0/s1. The van der Waals surface area contributed by atoms with Crippen LogP contribution in [0.25, 0.3) is 0 Å². The van der Waals surface area contributed by atoms with Crippen molar-refractivity contribution in [2.45, 2.75) is 72.6 Å². The maximum Gasteiger partial charge on any atom is 0.282 e. The van der Waals surface area contributed by atoms with Crippen molar-refractivity contribution >= 4 is 11.7 Å². The van der Waals surface area contributed by atoms with Gasteiger partial charge in [0.25, 0.3) is 11.8 Å². The fourth-order valence-corrected chi connectivity index (χ4v) is 6.56. The van der Waals surface area contributed by atoms with E-state index in [1.165, 1.54) is 24.5 Å². The molecule has 3 heterocycles. The number of likely N-dealkylation sites (tertiary alicyclic amines) is 1. The van der Waals surface area contributed by atoms with Gasteiger partial charge in [-0.05, 0) is 71.3 Å². The summed E-state index contributed by atoms with van der Waals surface area (Å²) in [5.41, 5.74) is 0.326. The molecule has 0 radical (unpaired) electrons. The van der Waals surface area contributed by atoms with E-state index >= 15 is 0 Å². The molecule has 0 bridgehead atoms. The summed E-state index contributed by atoms with van der Waals surface area (Å²) < 4.78 is 26.4. The van der Waals surface area contributed by atoms with Gasteiger partial charge in [-0.3, -0.25) is 9.69 Å². The number of rotatable bonds is 14. The number of nitrogens with zero attached hydrogens (tertiary/aromatic N) is 7. The van der Waals surface area contributed by atoms with Crippen LogP contribution in [0.2, 0.25) is 0 Å². The second-order valence-electron chi connectivity index (χ2n) is 12.9. The van der Waals surface area contributed by atoms with Crippen molar-refractivity contribution < 1.29 is 18.7 Å². The van der Waals surface area contributed by atoms with Gasteiger partial charge < -0.3 is 24.2 Å². The van der Waals surface area contributed by atoms with Crippen LogP contribution in [-0.4, -0.2) is 114 Å². The van der Waals surface area contributed by atoms with Crippen molar-refractivity contribution in [2.75, 3.05) is 64.9 Å². The molecule has 1 aromatic carbocycles. The Labute approximate surface area is 256 Å². The van der Waals surface area contributed by atoms with Crippen LogP contribution >= 0.6 is 0 Å². The summed E-state index contributed by atoms with van der Waals surface area (Å²) in [5.74, 6) is 0.768. The molecule has 2 saturated heterocycles. The Morgan fingerprint density at radius 3 is 2.51 bits per heavy atom. The van der Waals surface area contributed by atoms with Crippen molar-refractivity contribution in [3.8, 4) is 11.6 Å². The molecule has 1 spiro atoms. The molecule has 43 heavy (non-hydrogen) atoms. The molecule has 0 saturated carbocycles. The normalized spacial score (nSPS) is 18.0. The van der Waals surface area contributed by atoms with Gasteiger partial charge in [0.1, 0.15) is 17.9 Å². The SMILES string of the molecule is CCN(C)C[C@H](C[C@H](C(C)C)N1CC2(CCN(c3ncnnc3Oc3ccc(F)cc3C(=O)N(CC)C(C)C)C2)C1)OC. The number of amides is 1. The third-order valence-electron chi connectivity index (χ3n) is 9.12. The lowest BCUT2D eigenvalue weighted by Crippen LogP contribution is -2.62. The summed E-state index contributed by atoms with van der Waals surface area (Å²) in [6.07, 6.45) is 3.68. The van der Waals surface area contributed by atoms with Gasteiger partial charge in [-0.15, -0.1) is 10.2 Å². The number of carbonyl (C=O) groups is 1. The van der Waals surface area contributed by atoms with Crippen LogP contribution in [0.4, 0.5) is 10.2 Å². The molecule has 0 N–H and O–H groups in total. The Hall–Kier alpha value is -2.89. The van der Waals surface area contributed by atoms with E-state index in [9.17, 15) is 9.18 Å². The molecular formula is C32H50FN7O3. The van der Waals surface area contributed by atoms with E-state index in [0.717, 1.165) is 52.1 Å². The molecule has 0 unspecified atom stereocenters. The Kier molecular flexibility index (Phi) is 10.9. The zero-order valence-electron chi connectivity index (χ0n) is 27.2. The number of aromatic nitrogens is 3. The number of ether oxygens (including phenoxy) is 2. The monoisotopic (exact) mass is 599 g/mol. The minimum atomic E-state index is -0.502. The number of hydrogen-bond donors (Lipinski definition) is 0. The van der Waals surface area contributed by atoms with Crippen LogP contribution in [0, 0.1) is 17.2 Å². The Morgan fingerprint density at radius 1 is 1.14 bits per heavy atom. The minimum absolute atomic E-state index is 0.0430. The molecule has 0 aliphatic carbocycles. The number of anilines is 1. The first-order valence-corrected chi connectivity index (χ1v) is 15.7. The molecule has 2 aromatic rings. The highest BCUT2D eigenvalue weighted by atomic mass is 19.1. The first-order valence-electron chi connectivity index (χ1n) is 15.7. The molecule has 238 valence electrons. The quantitative estimate of drug-likeness (QED) is 0.310. The Morgan fingerprint density at radius 2 is 1.88 bits per heavy atom. The van der Waals surface area contributed by atoms with Crippen LogP contribution < -0.4 is 9.64 Å². The van der Waals surface area contributed by atoms with Crippen molar-refractivity contribution in [1.29, 1.82) is 0 Å². The second kappa shape index (κ2) is 14.3. The van der Waals surface area contributed by atoms with E-state index in [1.54, 1.807) is 4.90 Å². The lowest BCUT2D eigenvalue weighted by Gasteiger charge is -2.53. The van der Waals surface area contributed by atoms with Crippen molar-refractivity contribution in [1.82, 2.24) is 29.9 Å². The average molecular weight is 600 g/mol. The number of hydrogen-bond acceptors (Lipinski definition) is 9. The van der Waals surface area contributed by atoms with Gasteiger partial charge in [0.15, 0.2) is 5.82 Å². The van der Waals surface area contributed by atoms with E-state index in [1.807, 2.05) is 27.9 Å². The highest BCUT2D eigenvalue weighted by Gasteiger charge is 2.50. The smallest absolute Gasteiger partial charge is 0.282 e. The van der Waals surface area contributed by atoms with Gasteiger partial charge >= 0.3 is 0 Å².